The van der Waals surface area contributed by atoms with Crippen molar-refractivity contribution in [3.05, 3.63) is 0 Å². The summed E-state index contributed by atoms with van der Waals surface area (Å²) in [5.41, 5.74) is 0. The van der Waals surface area contributed by atoms with Crippen LogP contribution in [0, 0.1) is 0 Å². The van der Waals surface area contributed by atoms with E-state index in [1.807, 2.05) is 0 Å². The Morgan fingerprint density at radius 1 is 1.00 bits per heavy atom. The number of rotatable bonds is 11. The summed E-state index contributed by atoms with van der Waals surface area (Å²) in [4.78, 5) is 32.8. The molecular formula is C10H17N2O7. The summed E-state index contributed by atoms with van der Waals surface area (Å²) in [6.45, 7) is -1.80. The zero-order valence-corrected chi connectivity index (χ0v) is 10.2. The van der Waals surface area contributed by atoms with Crippen molar-refractivity contribution in [1.82, 2.24) is 10.2 Å². The molecule has 109 valence electrons. The van der Waals surface area contributed by atoms with E-state index < -0.39 is 43.6 Å². The SMILES string of the molecule is O=C(O)C[N]CC(CCO)N(CC(=O)O)CC(=O)O. The number of carboxylic acid groups (broad SMARTS) is 3. The smallest absolute Gasteiger partial charge is 0.319 e. The van der Waals surface area contributed by atoms with E-state index >= 15 is 0 Å². The van der Waals surface area contributed by atoms with Crippen LogP contribution in [-0.4, -0.2) is 82.1 Å². The Morgan fingerprint density at radius 2 is 1.53 bits per heavy atom. The molecular weight excluding hydrogens is 260 g/mol. The molecule has 4 N–H and O–H groups in total. The van der Waals surface area contributed by atoms with Gasteiger partial charge in [0.05, 0.1) is 13.1 Å². The number of aliphatic hydroxyl groups excluding tert-OH is 1. The normalized spacial score (nSPS) is 12.3. The molecule has 19 heavy (non-hydrogen) atoms. The second-order valence-electron chi connectivity index (χ2n) is 3.82. The highest BCUT2D eigenvalue weighted by Crippen LogP contribution is 2.04. The van der Waals surface area contributed by atoms with Gasteiger partial charge in [-0.15, -0.1) is 0 Å². The van der Waals surface area contributed by atoms with E-state index in [0.29, 0.717) is 0 Å². The third-order valence-electron chi connectivity index (χ3n) is 2.24. The maximum Gasteiger partial charge on any atom is 0.319 e. The first-order valence-corrected chi connectivity index (χ1v) is 5.50. The van der Waals surface area contributed by atoms with Crippen molar-refractivity contribution in [2.45, 2.75) is 12.5 Å². The van der Waals surface area contributed by atoms with Crippen LogP contribution in [-0.2, 0) is 14.4 Å². The molecule has 0 aromatic carbocycles. The first kappa shape index (κ1) is 17.3. The molecule has 0 saturated heterocycles. The second kappa shape index (κ2) is 9.25. The van der Waals surface area contributed by atoms with E-state index in [2.05, 4.69) is 5.32 Å². The van der Waals surface area contributed by atoms with Gasteiger partial charge in [0.25, 0.3) is 0 Å². The fourth-order valence-corrected chi connectivity index (χ4v) is 1.51. The lowest BCUT2D eigenvalue weighted by molar-refractivity contribution is -0.143. The third-order valence-corrected chi connectivity index (χ3v) is 2.24. The molecule has 0 aromatic rings. The van der Waals surface area contributed by atoms with Crippen LogP contribution in [0.15, 0.2) is 0 Å². The molecule has 1 radical (unpaired) electrons. The van der Waals surface area contributed by atoms with Gasteiger partial charge in [-0.1, -0.05) is 0 Å². The first-order valence-electron chi connectivity index (χ1n) is 5.50. The summed E-state index contributed by atoms with van der Waals surface area (Å²) in [5, 5.41) is 38.4. The molecule has 9 nitrogen and oxygen atoms in total. The molecule has 0 aliphatic heterocycles. The van der Waals surface area contributed by atoms with Crippen LogP contribution < -0.4 is 5.32 Å². The van der Waals surface area contributed by atoms with Gasteiger partial charge in [-0.05, 0) is 6.42 Å². The second-order valence-corrected chi connectivity index (χ2v) is 3.82. The molecule has 0 aliphatic carbocycles. The predicted molar refractivity (Wildman–Crippen MR) is 61.8 cm³/mol. The van der Waals surface area contributed by atoms with Crippen LogP contribution in [0.25, 0.3) is 0 Å². The number of carboxylic acids is 3. The van der Waals surface area contributed by atoms with Gasteiger partial charge in [0.15, 0.2) is 0 Å². The lowest BCUT2D eigenvalue weighted by Gasteiger charge is -2.28. The Hall–Kier alpha value is -1.71. The molecule has 0 heterocycles. The summed E-state index contributed by atoms with van der Waals surface area (Å²) in [6.07, 6.45) is 0.115. The summed E-state index contributed by atoms with van der Waals surface area (Å²) < 4.78 is 0. The summed E-state index contributed by atoms with van der Waals surface area (Å²) in [5.74, 6) is -3.55. The first-order chi connectivity index (χ1) is 8.86. The zero-order chi connectivity index (χ0) is 14.8. The summed E-state index contributed by atoms with van der Waals surface area (Å²) >= 11 is 0. The third kappa shape index (κ3) is 8.94. The fraction of sp³-hybridized carbons (Fsp3) is 0.700. The Kier molecular flexibility index (Phi) is 8.42. The standard InChI is InChI=1S/C10H17N2O7/c13-2-1-7(3-11-4-8(14)15)12(5-9(16)17)6-10(18)19/h7,13H,1-6H2,(H,14,15)(H,16,17)(H,18,19). The van der Waals surface area contributed by atoms with E-state index in [9.17, 15) is 14.4 Å². The van der Waals surface area contributed by atoms with Crippen molar-refractivity contribution in [3.63, 3.8) is 0 Å². The molecule has 1 atom stereocenters. The maximum atomic E-state index is 10.7. The molecule has 0 bridgehead atoms. The molecule has 0 rings (SSSR count). The number of aliphatic hydroxyl groups is 1. The van der Waals surface area contributed by atoms with Crippen molar-refractivity contribution >= 4 is 17.9 Å². The number of carbonyl (C=O) groups is 3. The number of hydrogen-bond acceptors (Lipinski definition) is 5. The minimum atomic E-state index is -1.21. The van der Waals surface area contributed by atoms with Crippen LogP contribution in [0.1, 0.15) is 6.42 Å². The monoisotopic (exact) mass is 277 g/mol. The van der Waals surface area contributed by atoms with Crippen LogP contribution >= 0.6 is 0 Å². The van der Waals surface area contributed by atoms with Crippen molar-refractivity contribution in [1.29, 1.82) is 0 Å². The highest BCUT2D eigenvalue weighted by atomic mass is 16.4. The molecule has 0 saturated carbocycles. The lowest BCUT2D eigenvalue weighted by Crippen LogP contribution is -2.46. The highest BCUT2D eigenvalue weighted by Gasteiger charge is 2.23. The largest absolute Gasteiger partial charge is 0.480 e. The quantitative estimate of drug-likeness (QED) is 0.335. The van der Waals surface area contributed by atoms with Crippen LogP contribution in [0.2, 0.25) is 0 Å². The van der Waals surface area contributed by atoms with Gasteiger partial charge in [-0.2, -0.15) is 0 Å². The topological polar surface area (TPSA) is 149 Å². The fourth-order valence-electron chi connectivity index (χ4n) is 1.51. The van der Waals surface area contributed by atoms with Gasteiger partial charge >= 0.3 is 17.9 Å². The van der Waals surface area contributed by atoms with Gasteiger partial charge < -0.3 is 20.4 Å². The van der Waals surface area contributed by atoms with Crippen molar-refractivity contribution < 1.29 is 34.8 Å². The molecule has 0 aromatic heterocycles. The highest BCUT2D eigenvalue weighted by molar-refractivity contribution is 5.72. The lowest BCUT2D eigenvalue weighted by atomic mass is 10.1. The van der Waals surface area contributed by atoms with Gasteiger partial charge in [-0.3, -0.25) is 19.3 Å². The zero-order valence-electron chi connectivity index (χ0n) is 10.2. The van der Waals surface area contributed by atoms with E-state index in [-0.39, 0.29) is 19.6 Å². The van der Waals surface area contributed by atoms with E-state index in [4.69, 9.17) is 20.4 Å². The number of hydrogen-bond donors (Lipinski definition) is 4. The maximum absolute atomic E-state index is 10.7. The molecule has 9 heteroatoms. The Balaban J connectivity index is 4.57. The summed E-state index contributed by atoms with van der Waals surface area (Å²) in [6, 6.07) is -0.628. The minimum absolute atomic E-state index is 0.0482. The Morgan fingerprint density at radius 3 is 1.89 bits per heavy atom. The molecule has 1 unspecified atom stereocenters. The van der Waals surface area contributed by atoms with Gasteiger partial charge in [0.1, 0.15) is 6.54 Å². The van der Waals surface area contributed by atoms with Crippen molar-refractivity contribution in [3.8, 4) is 0 Å². The molecule has 0 spiro atoms. The van der Waals surface area contributed by atoms with Crippen molar-refractivity contribution in [2.24, 2.45) is 0 Å². The van der Waals surface area contributed by atoms with Gasteiger partial charge in [-0.25, -0.2) is 5.32 Å². The van der Waals surface area contributed by atoms with E-state index in [0.717, 1.165) is 4.90 Å². The number of aliphatic carboxylic acids is 3. The van der Waals surface area contributed by atoms with Crippen LogP contribution in [0.4, 0.5) is 0 Å². The molecule has 0 fully saturated rings. The molecule has 0 aliphatic rings. The summed E-state index contributed by atoms with van der Waals surface area (Å²) in [7, 11) is 0. The van der Waals surface area contributed by atoms with Crippen LogP contribution in [0.3, 0.4) is 0 Å². The van der Waals surface area contributed by atoms with E-state index in [1.165, 1.54) is 0 Å². The Bertz CT molecular complexity index is 305. The Labute approximate surface area is 109 Å². The van der Waals surface area contributed by atoms with Crippen molar-refractivity contribution in [2.75, 3.05) is 32.8 Å². The molecule has 0 amide bonds. The average Bonchev–Trinajstić information content (AvgIpc) is 2.25. The van der Waals surface area contributed by atoms with Gasteiger partial charge in [0, 0.05) is 19.2 Å². The van der Waals surface area contributed by atoms with Gasteiger partial charge in [0.2, 0.25) is 0 Å². The van der Waals surface area contributed by atoms with E-state index in [1.54, 1.807) is 0 Å². The predicted octanol–water partition coefficient (Wildman–Crippen LogP) is -2.10. The number of nitrogens with zero attached hydrogens (tertiary/aromatic N) is 2. The minimum Gasteiger partial charge on any atom is -0.480 e. The van der Waals surface area contributed by atoms with Crippen LogP contribution in [0.5, 0.6) is 0 Å². The average molecular weight is 277 g/mol.